The molecule has 2 aromatic carbocycles. The Hall–Kier alpha value is -2.67. The number of hydrogen-bond acceptors (Lipinski definition) is 3. The highest BCUT2D eigenvalue weighted by atomic mass is 79.9. The Labute approximate surface area is 165 Å². The fourth-order valence-corrected chi connectivity index (χ4v) is 3.87. The van der Waals surface area contributed by atoms with Crippen molar-refractivity contribution in [3.8, 4) is 0 Å². The van der Waals surface area contributed by atoms with E-state index in [1.165, 1.54) is 0 Å². The van der Waals surface area contributed by atoms with Gasteiger partial charge < -0.3 is 4.90 Å². The van der Waals surface area contributed by atoms with E-state index < -0.39 is 0 Å². The summed E-state index contributed by atoms with van der Waals surface area (Å²) < 4.78 is 0.938. The Morgan fingerprint density at radius 3 is 2.85 bits per heavy atom. The minimum Gasteiger partial charge on any atom is -0.341 e. The van der Waals surface area contributed by atoms with Crippen molar-refractivity contribution in [3.63, 3.8) is 0 Å². The van der Waals surface area contributed by atoms with Gasteiger partial charge in [-0.25, -0.2) is 0 Å². The van der Waals surface area contributed by atoms with Crippen molar-refractivity contribution in [3.05, 3.63) is 58.6 Å². The van der Waals surface area contributed by atoms with Crippen LogP contribution in [0.5, 0.6) is 0 Å². The molecule has 1 fully saturated rings. The molecule has 4 rings (SSSR count). The van der Waals surface area contributed by atoms with Crippen molar-refractivity contribution in [2.24, 2.45) is 5.92 Å². The molecule has 0 bridgehead atoms. The van der Waals surface area contributed by atoms with Crippen molar-refractivity contribution in [1.82, 2.24) is 15.1 Å². The van der Waals surface area contributed by atoms with Gasteiger partial charge in [0.05, 0.1) is 11.4 Å². The average molecular weight is 427 g/mol. The maximum atomic E-state index is 12.8. The van der Waals surface area contributed by atoms with Crippen LogP contribution in [0.15, 0.2) is 53.0 Å². The van der Waals surface area contributed by atoms with Crippen molar-refractivity contribution < 1.29 is 9.59 Å². The molecule has 6 nitrogen and oxygen atoms in total. The van der Waals surface area contributed by atoms with Crippen LogP contribution in [0, 0.1) is 5.92 Å². The van der Waals surface area contributed by atoms with Crippen molar-refractivity contribution in [2.45, 2.75) is 13.0 Å². The summed E-state index contributed by atoms with van der Waals surface area (Å²) >= 11 is 3.43. The molecular weight excluding hydrogens is 408 g/mol. The molecule has 1 saturated heterocycles. The number of carbonyl (C=O) groups is 2. The van der Waals surface area contributed by atoms with Gasteiger partial charge >= 0.3 is 0 Å². The number of halogens is 1. The highest BCUT2D eigenvalue weighted by Gasteiger charge is 2.38. The van der Waals surface area contributed by atoms with Gasteiger partial charge in [0.15, 0.2) is 5.82 Å². The lowest BCUT2D eigenvalue weighted by Gasteiger charge is -2.21. The summed E-state index contributed by atoms with van der Waals surface area (Å²) in [5.74, 6) is 0.145. The first kappa shape index (κ1) is 17.7. The lowest BCUT2D eigenvalue weighted by molar-refractivity contribution is -0.135. The molecule has 1 atom stereocenters. The average Bonchev–Trinajstić information content (AvgIpc) is 3.24. The summed E-state index contributed by atoms with van der Waals surface area (Å²) in [7, 11) is 1.78. The summed E-state index contributed by atoms with van der Waals surface area (Å²) in [6.07, 6.45) is 0.211. The van der Waals surface area contributed by atoms with E-state index in [-0.39, 0.29) is 24.2 Å². The SMILES string of the molecule is CN(Cc1ccccc1)C(=O)[C@@H]1CC(=O)N(c2n[nH]c3cc(Br)ccc23)C1. The second kappa shape index (κ2) is 7.15. The third-order valence-corrected chi connectivity index (χ3v) is 5.37. The summed E-state index contributed by atoms with van der Waals surface area (Å²) in [6, 6.07) is 15.6. The van der Waals surface area contributed by atoms with Gasteiger partial charge in [0.2, 0.25) is 11.8 Å². The van der Waals surface area contributed by atoms with Gasteiger partial charge in [-0.1, -0.05) is 46.3 Å². The molecule has 1 aliphatic rings. The van der Waals surface area contributed by atoms with Crippen LogP contribution in [-0.4, -0.2) is 40.5 Å². The number of aromatic nitrogens is 2. The maximum absolute atomic E-state index is 12.8. The smallest absolute Gasteiger partial charge is 0.229 e. The van der Waals surface area contributed by atoms with E-state index in [9.17, 15) is 9.59 Å². The summed E-state index contributed by atoms with van der Waals surface area (Å²) in [5.41, 5.74) is 1.92. The van der Waals surface area contributed by atoms with Crippen LogP contribution < -0.4 is 4.90 Å². The van der Waals surface area contributed by atoms with Crippen LogP contribution in [0.2, 0.25) is 0 Å². The Balaban J connectivity index is 1.50. The van der Waals surface area contributed by atoms with Gasteiger partial charge in [-0.15, -0.1) is 0 Å². The quantitative estimate of drug-likeness (QED) is 0.695. The number of amides is 2. The number of anilines is 1. The van der Waals surface area contributed by atoms with E-state index in [1.807, 2.05) is 48.5 Å². The summed E-state index contributed by atoms with van der Waals surface area (Å²) in [5, 5.41) is 8.14. The predicted octanol–water partition coefficient (Wildman–Crippen LogP) is 3.34. The van der Waals surface area contributed by atoms with Crippen molar-refractivity contribution in [1.29, 1.82) is 0 Å². The minimum atomic E-state index is -0.353. The number of aromatic amines is 1. The first-order chi connectivity index (χ1) is 13.0. The highest BCUT2D eigenvalue weighted by Crippen LogP contribution is 2.31. The topological polar surface area (TPSA) is 69.3 Å². The zero-order valence-electron chi connectivity index (χ0n) is 14.9. The van der Waals surface area contributed by atoms with Crippen LogP contribution in [0.3, 0.4) is 0 Å². The van der Waals surface area contributed by atoms with Gasteiger partial charge in [0, 0.05) is 36.4 Å². The fraction of sp³-hybridized carbons (Fsp3) is 0.250. The molecule has 138 valence electrons. The Morgan fingerprint density at radius 2 is 2.07 bits per heavy atom. The number of rotatable bonds is 4. The molecule has 1 aliphatic heterocycles. The van der Waals surface area contributed by atoms with Crippen LogP contribution in [-0.2, 0) is 16.1 Å². The lowest BCUT2D eigenvalue weighted by Crippen LogP contribution is -2.34. The van der Waals surface area contributed by atoms with Gasteiger partial charge in [-0.3, -0.25) is 19.6 Å². The maximum Gasteiger partial charge on any atom is 0.229 e. The fourth-order valence-electron chi connectivity index (χ4n) is 3.51. The zero-order valence-corrected chi connectivity index (χ0v) is 16.4. The number of fused-ring (bicyclic) bond motifs is 1. The number of H-pyrrole nitrogens is 1. The van der Waals surface area contributed by atoms with Gasteiger partial charge in [-0.05, 0) is 23.8 Å². The van der Waals surface area contributed by atoms with E-state index in [4.69, 9.17) is 0 Å². The second-order valence-electron chi connectivity index (χ2n) is 6.82. The molecule has 0 saturated carbocycles. The molecule has 0 aliphatic carbocycles. The normalized spacial score (nSPS) is 16.9. The van der Waals surface area contributed by atoms with Gasteiger partial charge in [0.1, 0.15) is 0 Å². The summed E-state index contributed by atoms with van der Waals surface area (Å²) in [6.45, 7) is 0.885. The molecule has 1 N–H and O–H groups in total. The molecule has 1 aromatic heterocycles. The Kier molecular flexibility index (Phi) is 4.70. The number of carbonyl (C=O) groups excluding carboxylic acids is 2. The lowest BCUT2D eigenvalue weighted by atomic mass is 10.1. The standard InChI is InChI=1S/C20H19BrN4O2/c1-24(11-13-5-3-2-4-6-13)20(27)14-9-18(26)25(12-14)19-16-8-7-15(21)10-17(16)22-23-19/h2-8,10,14H,9,11-12H2,1H3,(H,22,23)/t14-/m1/s1. The zero-order chi connectivity index (χ0) is 19.0. The van der Waals surface area contributed by atoms with Crippen LogP contribution in [0.4, 0.5) is 5.82 Å². The third-order valence-electron chi connectivity index (χ3n) is 4.87. The number of benzene rings is 2. The number of hydrogen-bond donors (Lipinski definition) is 1. The number of nitrogens with zero attached hydrogens (tertiary/aromatic N) is 3. The molecule has 7 heteroatoms. The Bertz CT molecular complexity index is 1000. The highest BCUT2D eigenvalue weighted by molar-refractivity contribution is 9.10. The van der Waals surface area contributed by atoms with Crippen molar-refractivity contribution >= 4 is 44.5 Å². The molecule has 2 amide bonds. The van der Waals surface area contributed by atoms with Crippen LogP contribution in [0.25, 0.3) is 10.9 Å². The van der Waals surface area contributed by atoms with Gasteiger partial charge in [0.25, 0.3) is 0 Å². The first-order valence-electron chi connectivity index (χ1n) is 8.76. The first-order valence-corrected chi connectivity index (χ1v) is 9.55. The van der Waals surface area contributed by atoms with Crippen LogP contribution >= 0.6 is 15.9 Å². The van der Waals surface area contributed by atoms with Crippen molar-refractivity contribution in [2.75, 3.05) is 18.5 Å². The Morgan fingerprint density at radius 1 is 1.30 bits per heavy atom. The molecule has 2 heterocycles. The molecule has 3 aromatic rings. The molecule has 0 radical (unpaired) electrons. The molecular formula is C20H19BrN4O2. The monoisotopic (exact) mass is 426 g/mol. The van der Waals surface area contributed by atoms with E-state index >= 15 is 0 Å². The van der Waals surface area contributed by atoms with E-state index in [0.717, 1.165) is 20.9 Å². The van der Waals surface area contributed by atoms with E-state index in [1.54, 1.807) is 16.8 Å². The molecule has 0 unspecified atom stereocenters. The second-order valence-corrected chi connectivity index (χ2v) is 7.74. The van der Waals surface area contributed by atoms with E-state index in [0.29, 0.717) is 18.9 Å². The largest absolute Gasteiger partial charge is 0.341 e. The van der Waals surface area contributed by atoms with E-state index in [2.05, 4.69) is 26.1 Å². The third kappa shape index (κ3) is 3.47. The minimum absolute atomic E-state index is 0.0164. The van der Waals surface area contributed by atoms with Gasteiger partial charge in [-0.2, -0.15) is 5.10 Å². The van der Waals surface area contributed by atoms with Crippen LogP contribution in [0.1, 0.15) is 12.0 Å². The summed E-state index contributed by atoms with van der Waals surface area (Å²) in [4.78, 5) is 28.7. The molecule has 0 spiro atoms. The predicted molar refractivity (Wildman–Crippen MR) is 107 cm³/mol. The number of nitrogens with one attached hydrogen (secondary N) is 1. The molecule has 27 heavy (non-hydrogen) atoms.